The second-order valence-electron chi connectivity index (χ2n) is 4.82. The first-order chi connectivity index (χ1) is 10.7. The molecule has 0 saturated carbocycles. The molecule has 112 valence electrons. The first-order valence-corrected chi connectivity index (χ1v) is 6.82. The van der Waals surface area contributed by atoms with Gasteiger partial charge in [-0.25, -0.2) is 4.39 Å². The number of H-pyrrole nitrogens is 1. The highest BCUT2D eigenvalue weighted by Crippen LogP contribution is 2.27. The lowest BCUT2D eigenvalue weighted by molar-refractivity contribution is 0.0945. The summed E-state index contributed by atoms with van der Waals surface area (Å²) in [5.41, 5.74) is 2.45. The van der Waals surface area contributed by atoms with Gasteiger partial charge in [0.2, 0.25) is 0 Å². The number of carbonyl (C=O) groups is 1. The van der Waals surface area contributed by atoms with E-state index in [0.717, 1.165) is 10.9 Å². The highest BCUT2D eigenvalue weighted by Gasteiger charge is 2.12. The summed E-state index contributed by atoms with van der Waals surface area (Å²) >= 11 is 0. The second kappa shape index (κ2) is 5.95. The average molecular weight is 299 g/mol. The Balaban J connectivity index is 2.04. The topological polar surface area (TPSA) is 78.0 Å². The Kier molecular flexibility index (Phi) is 3.84. The molecule has 3 aromatic rings. The number of carbonyl (C=O) groups excluding carboxylic acids is 1. The van der Waals surface area contributed by atoms with Crippen molar-refractivity contribution in [1.29, 1.82) is 0 Å². The van der Waals surface area contributed by atoms with E-state index in [1.807, 2.05) is 0 Å². The molecule has 0 saturated heterocycles. The van der Waals surface area contributed by atoms with Crippen LogP contribution >= 0.6 is 0 Å². The zero-order valence-electron chi connectivity index (χ0n) is 11.6. The molecule has 22 heavy (non-hydrogen) atoms. The lowest BCUT2D eigenvalue weighted by Crippen LogP contribution is -2.26. The fourth-order valence-electron chi connectivity index (χ4n) is 2.28. The number of aliphatic hydroxyl groups excluding tert-OH is 1. The van der Waals surface area contributed by atoms with Crippen LogP contribution in [0.4, 0.5) is 4.39 Å². The maximum absolute atomic E-state index is 13.4. The predicted molar refractivity (Wildman–Crippen MR) is 80.9 cm³/mol. The van der Waals surface area contributed by atoms with E-state index in [-0.39, 0.29) is 24.9 Å². The monoisotopic (exact) mass is 299 g/mol. The standard InChI is InChI=1S/C16H14FN3O2/c17-12-3-1-2-10(8-12)15-13-9-11(16(22)18-6-7-21)4-5-14(13)19-20-15/h1-5,8-9,21H,6-7H2,(H,18,22)(H,19,20). The van der Waals surface area contributed by atoms with Crippen molar-refractivity contribution >= 4 is 16.8 Å². The number of aliphatic hydroxyl groups is 1. The summed E-state index contributed by atoms with van der Waals surface area (Å²) in [6.45, 7) is 0.0766. The number of aromatic nitrogens is 2. The van der Waals surface area contributed by atoms with E-state index in [2.05, 4.69) is 15.5 Å². The summed E-state index contributed by atoms with van der Waals surface area (Å²) in [6, 6.07) is 11.3. The number of hydrogen-bond donors (Lipinski definition) is 3. The van der Waals surface area contributed by atoms with Crippen LogP contribution in [0.3, 0.4) is 0 Å². The van der Waals surface area contributed by atoms with E-state index < -0.39 is 0 Å². The van der Waals surface area contributed by atoms with Crippen molar-refractivity contribution in [3.8, 4) is 11.3 Å². The van der Waals surface area contributed by atoms with Crippen LogP contribution in [0.5, 0.6) is 0 Å². The van der Waals surface area contributed by atoms with E-state index in [1.54, 1.807) is 30.3 Å². The molecule has 2 aromatic carbocycles. The smallest absolute Gasteiger partial charge is 0.251 e. The Labute approximate surface area is 125 Å². The predicted octanol–water partition coefficient (Wildman–Crippen LogP) is 2.09. The van der Waals surface area contributed by atoms with Crippen LogP contribution in [0.25, 0.3) is 22.2 Å². The van der Waals surface area contributed by atoms with Crippen molar-refractivity contribution in [2.75, 3.05) is 13.2 Å². The Hall–Kier alpha value is -2.73. The number of fused-ring (bicyclic) bond motifs is 1. The number of hydrogen-bond acceptors (Lipinski definition) is 3. The van der Waals surface area contributed by atoms with Crippen LogP contribution in [0.1, 0.15) is 10.4 Å². The largest absolute Gasteiger partial charge is 0.395 e. The number of aromatic amines is 1. The van der Waals surface area contributed by atoms with Gasteiger partial charge in [-0.15, -0.1) is 0 Å². The molecule has 3 N–H and O–H groups in total. The highest BCUT2D eigenvalue weighted by atomic mass is 19.1. The van der Waals surface area contributed by atoms with Gasteiger partial charge in [-0.3, -0.25) is 9.89 Å². The lowest BCUT2D eigenvalue weighted by atomic mass is 10.1. The number of amides is 1. The van der Waals surface area contributed by atoms with Crippen LogP contribution in [0, 0.1) is 5.82 Å². The molecule has 0 radical (unpaired) electrons. The number of nitrogens with one attached hydrogen (secondary N) is 2. The minimum absolute atomic E-state index is 0.117. The molecule has 1 amide bonds. The van der Waals surface area contributed by atoms with Gasteiger partial charge in [-0.2, -0.15) is 5.10 Å². The summed E-state index contributed by atoms with van der Waals surface area (Å²) in [7, 11) is 0. The third-order valence-corrected chi connectivity index (χ3v) is 3.32. The third kappa shape index (κ3) is 2.68. The van der Waals surface area contributed by atoms with Crippen molar-refractivity contribution < 1.29 is 14.3 Å². The molecular formula is C16H14FN3O2. The number of nitrogens with zero attached hydrogens (tertiary/aromatic N) is 1. The van der Waals surface area contributed by atoms with Gasteiger partial charge in [0, 0.05) is 23.1 Å². The highest BCUT2D eigenvalue weighted by molar-refractivity contribution is 6.01. The first-order valence-electron chi connectivity index (χ1n) is 6.82. The van der Waals surface area contributed by atoms with E-state index in [9.17, 15) is 9.18 Å². The Morgan fingerprint density at radius 2 is 2.14 bits per heavy atom. The second-order valence-corrected chi connectivity index (χ2v) is 4.82. The van der Waals surface area contributed by atoms with Crippen molar-refractivity contribution in [3.05, 3.63) is 53.8 Å². The molecule has 3 rings (SSSR count). The molecular weight excluding hydrogens is 285 g/mol. The molecule has 0 aliphatic rings. The molecule has 1 heterocycles. The number of halogens is 1. The fourth-order valence-corrected chi connectivity index (χ4v) is 2.28. The molecule has 0 atom stereocenters. The first kappa shape index (κ1) is 14.2. The molecule has 0 spiro atoms. The van der Waals surface area contributed by atoms with E-state index in [0.29, 0.717) is 16.8 Å². The number of benzene rings is 2. The van der Waals surface area contributed by atoms with Crippen LogP contribution in [0.2, 0.25) is 0 Å². The zero-order valence-corrected chi connectivity index (χ0v) is 11.6. The Morgan fingerprint density at radius 3 is 2.91 bits per heavy atom. The Bertz CT molecular complexity index is 829. The zero-order chi connectivity index (χ0) is 15.5. The van der Waals surface area contributed by atoms with Gasteiger partial charge in [0.25, 0.3) is 5.91 Å². The third-order valence-electron chi connectivity index (χ3n) is 3.32. The van der Waals surface area contributed by atoms with Gasteiger partial charge in [0.1, 0.15) is 11.5 Å². The van der Waals surface area contributed by atoms with Gasteiger partial charge in [0.05, 0.1) is 12.1 Å². The van der Waals surface area contributed by atoms with E-state index in [4.69, 9.17) is 5.11 Å². The SMILES string of the molecule is O=C(NCCO)c1ccc2[nH]nc(-c3cccc(F)c3)c2c1. The summed E-state index contributed by atoms with van der Waals surface area (Å²) in [5.74, 6) is -0.618. The van der Waals surface area contributed by atoms with E-state index >= 15 is 0 Å². The molecule has 0 fully saturated rings. The summed E-state index contributed by atoms with van der Waals surface area (Å²) < 4.78 is 13.4. The average Bonchev–Trinajstić information content (AvgIpc) is 2.95. The Morgan fingerprint density at radius 1 is 1.27 bits per heavy atom. The molecule has 0 unspecified atom stereocenters. The van der Waals surface area contributed by atoms with E-state index in [1.165, 1.54) is 12.1 Å². The minimum atomic E-state index is -0.342. The normalized spacial score (nSPS) is 10.8. The maximum Gasteiger partial charge on any atom is 0.251 e. The fraction of sp³-hybridized carbons (Fsp3) is 0.125. The van der Waals surface area contributed by atoms with Gasteiger partial charge < -0.3 is 10.4 Å². The summed E-state index contributed by atoms with van der Waals surface area (Å²) in [5, 5.41) is 19.2. The summed E-state index contributed by atoms with van der Waals surface area (Å²) in [4.78, 5) is 12.0. The van der Waals surface area contributed by atoms with Gasteiger partial charge in [-0.1, -0.05) is 12.1 Å². The molecule has 0 aliphatic heterocycles. The van der Waals surface area contributed by atoms with Gasteiger partial charge in [0.15, 0.2) is 0 Å². The van der Waals surface area contributed by atoms with Crippen molar-refractivity contribution in [3.63, 3.8) is 0 Å². The van der Waals surface area contributed by atoms with Crippen LogP contribution in [-0.2, 0) is 0 Å². The van der Waals surface area contributed by atoms with Crippen LogP contribution in [0.15, 0.2) is 42.5 Å². The molecule has 5 nitrogen and oxygen atoms in total. The van der Waals surface area contributed by atoms with Crippen LogP contribution in [-0.4, -0.2) is 34.4 Å². The summed E-state index contributed by atoms with van der Waals surface area (Å²) in [6.07, 6.45) is 0. The number of rotatable bonds is 4. The van der Waals surface area contributed by atoms with Gasteiger partial charge >= 0.3 is 0 Å². The molecule has 6 heteroatoms. The van der Waals surface area contributed by atoms with Crippen molar-refractivity contribution in [2.24, 2.45) is 0 Å². The lowest BCUT2D eigenvalue weighted by Gasteiger charge is -2.04. The van der Waals surface area contributed by atoms with Crippen molar-refractivity contribution in [2.45, 2.75) is 0 Å². The molecule has 1 aromatic heterocycles. The maximum atomic E-state index is 13.4. The van der Waals surface area contributed by atoms with Gasteiger partial charge in [-0.05, 0) is 30.3 Å². The molecule has 0 bridgehead atoms. The molecule has 0 aliphatic carbocycles. The quantitative estimate of drug-likeness (QED) is 0.690. The minimum Gasteiger partial charge on any atom is -0.395 e. The van der Waals surface area contributed by atoms with Crippen molar-refractivity contribution in [1.82, 2.24) is 15.5 Å². The van der Waals surface area contributed by atoms with Crippen LogP contribution < -0.4 is 5.32 Å².